The van der Waals surface area contributed by atoms with Gasteiger partial charge in [0.15, 0.2) is 18.2 Å². The minimum absolute atomic E-state index is 0.0798. The molecular weight excluding hydrogens is 378 g/mol. The lowest BCUT2D eigenvalue weighted by molar-refractivity contribution is -0.137. The summed E-state index contributed by atoms with van der Waals surface area (Å²) in [5.74, 6) is 0.321. The van der Waals surface area contributed by atoms with Crippen LogP contribution >= 0.6 is 11.3 Å². The first-order valence-corrected chi connectivity index (χ1v) is 10.1. The number of nitrogens with zero attached hydrogens (tertiary/aromatic N) is 4. The van der Waals surface area contributed by atoms with Gasteiger partial charge in [-0.25, -0.2) is 9.79 Å². The standard InChI is InChI=1S/C19H23N5O3S/c1-22-15-16(21-18(22)20-7-3-8-25)23(2)19(27)24(17(15)26)11-12-4-5-14-13(10-12)6-9-28-14/h4-6,9-10,15-16,25H,3,7-8,11H2,1-2H3,(H,20,21). The van der Waals surface area contributed by atoms with E-state index >= 15 is 0 Å². The third-order valence-corrected chi connectivity index (χ3v) is 6.11. The molecular formula is C19H23N5O3S. The summed E-state index contributed by atoms with van der Waals surface area (Å²) in [6.45, 7) is 0.865. The Morgan fingerprint density at radius 3 is 2.82 bits per heavy atom. The van der Waals surface area contributed by atoms with Gasteiger partial charge in [-0.05, 0) is 40.9 Å². The summed E-state index contributed by atoms with van der Waals surface area (Å²) >= 11 is 1.66. The van der Waals surface area contributed by atoms with Crippen LogP contribution in [0.2, 0.25) is 0 Å². The Morgan fingerprint density at radius 1 is 1.21 bits per heavy atom. The molecule has 2 atom stereocenters. The van der Waals surface area contributed by atoms with Gasteiger partial charge in [0.2, 0.25) is 0 Å². The molecule has 0 spiro atoms. The molecule has 0 radical (unpaired) electrons. The molecule has 28 heavy (non-hydrogen) atoms. The maximum atomic E-state index is 13.2. The summed E-state index contributed by atoms with van der Waals surface area (Å²) in [7, 11) is 3.47. The van der Waals surface area contributed by atoms with Crippen molar-refractivity contribution in [3.05, 3.63) is 35.2 Å². The molecule has 2 aromatic rings. The third kappa shape index (κ3) is 3.10. The van der Waals surface area contributed by atoms with Crippen LogP contribution in [0.3, 0.4) is 0 Å². The third-order valence-electron chi connectivity index (χ3n) is 5.21. The number of amides is 3. The Kier molecular flexibility index (Phi) is 4.94. The molecule has 148 valence electrons. The van der Waals surface area contributed by atoms with E-state index in [1.165, 1.54) is 14.5 Å². The van der Waals surface area contributed by atoms with Gasteiger partial charge in [0.1, 0.15) is 0 Å². The number of hydrogen-bond donors (Lipinski definition) is 2. The molecule has 8 nitrogen and oxygen atoms in total. The summed E-state index contributed by atoms with van der Waals surface area (Å²) in [5, 5.41) is 15.2. The first-order chi connectivity index (χ1) is 13.5. The molecule has 2 N–H and O–H groups in total. The summed E-state index contributed by atoms with van der Waals surface area (Å²) in [6.07, 6.45) is 0.0412. The SMILES string of the molecule is CN1C(=O)N(Cc2ccc3sccc3c2)C(=O)C2C1N=C(NCCCO)N2C. The maximum absolute atomic E-state index is 13.2. The van der Waals surface area contributed by atoms with Crippen LogP contribution in [0.1, 0.15) is 12.0 Å². The molecule has 0 bridgehead atoms. The second-order valence-electron chi connectivity index (χ2n) is 7.04. The van der Waals surface area contributed by atoms with Crippen molar-refractivity contribution in [1.82, 2.24) is 20.0 Å². The molecule has 0 aliphatic carbocycles. The molecule has 2 aliphatic heterocycles. The van der Waals surface area contributed by atoms with Crippen LogP contribution in [0, 0.1) is 0 Å². The van der Waals surface area contributed by atoms with E-state index in [4.69, 9.17) is 5.11 Å². The Morgan fingerprint density at radius 2 is 2.04 bits per heavy atom. The monoisotopic (exact) mass is 401 g/mol. The van der Waals surface area contributed by atoms with Gasteiger partial charge in [0.25, 0.3) is 5.91 Å². The number of benzene rings is 1. The number of rotatable bonds is 5. The van der Waals surface area contributed by atoms with Crippen molar-refractivity contribution in [3.63, 3.8) is 0 Å². The molecule has 2 unspecified atom stereocenters. The molecule has 1 aromatic heterocycles. The van der Waals surface area contributed by atoms with Gasteiger partial charge in [-0.1, -0.05) is 6.07 Å². The Hall–Kier alpha value is -2.65. The minimum atomic E-state index is -0.552. The van der Waals surface area contributed by atoms with Gasteiger partial charge in [0.05, 0.1) is 6.54 Å². The molecule has 1 aromatic carbocycles. The average molecular weight is 401 g/mol. The van der Waals surface area contributed by atoms with Crippen LogP contribution < -0.4 is 5.32 Å². The summed E-state index contributed by atoms with van der Waals surface area (Å²) in [6, 6.07) is 7.15. The summed E-state index contributed by atoms with van der Waals surface area (Å²) < 4.78 is 1.18. The van der Waals surface area contributed by atoms with E-state index in [9.17, 15) is 9.59 Å². The van der Waals surface area contributed by atoms with Crippen LogP contribution in [0.4, 0.5) is 4.79 Å². The highest BCUT2D eigenvalue weighted by Crippen LogP contribution is 2.28. The maximum Gasteiger partial charge on any atom is 0.328 e. The Balaban J connectivity index is 1.55. The first kappa shape index (κ1) is 18.7. The van der Waals surface area contributed by atoms with Crippen LogP contribution in [0.15, 0.2) is 34.6 Å². The van der Waals surface area contributed by atoms with E-state index in [1.807, 2.05) is 29.6 Å². The fourth-order valence-corrected chi connectivity index (χ4v) is 4.43. The lowest BCUT2D eigenvalue weighted by Crippen LogP contribution is -2.64. The van der Waals surface area contributed by atoms with E-state index in [0.717, 1.165) is 10.9 Å². The number of urea groups is 1. The largest absolute Gasteiger partial charge is 0.396 e. The van der Waals surface area contributed by atoms with E-state index in [-0.39, 0.29) is 25.1 Å². The van der Waals surface area contributed by atoms with Gasteiger partial charge in [-0.3, -0.25) is 9.69 Å². The van der Waals surface area contributed by atoms with Crippen molar-refractivity contribution in [2.24, 2.45) is 4.99 Å². The van der Waals surface area contributed by atoms with Crippen molar-refractivity contribution >= 4 is 39.3 Å². The first-order valence-electron chi connectivity index (χ1n) is 9.21. The number of aliphatic hydroxyl groups excluding tert-OH is 1. The van der Waals surface area contributed by atoms with Gasteiger partial charge in [0, 0.05) is 31.9 Å². The van der Waals surface area contributed by atoms with Crippen LogP contribution in [0.25, 0.3) is 10.1 Å². The van der Waals surface area contributed by atoms with Gasteiger partial charge >= 0.3 is 6.03 Å². The number of aliphatic imine (C=N–C) groups is 1. The zero-order valence-corrected chi connectivity index (χ0v) is 16.6. The zero-order chi connectivity index (χ0) is 19.8. The van der Waals surface area contributed by atoms with E-state index in [1.54, 1.807) is 30.3 Å². The van der Waals surface area contributed by atoms with Crippen molar-refractivity contribution in [1.29, 1.82) is 0 Å². The number of likely N-dealkylation sites (N-methyl/N-ethyl adjacent to an activating group) is 2. The molecule has 2 aliphatic rings. The quantitative estimate of drug-likeness (QED) is 0.737. The summed E-state index contributed by atoms with van der Waals surface area (Å²) in [5.41, 5.74) is 0.919. The molecule has 1 saturated heterocycles. The van der Waals surface area contributed by atoms with Crippen LogP contribution in [-0.4, -0.2) is 77.2 Å². The lowest BCUT2D eigenvalue weighted by atomic mass is 10.1. The zero-order valence-electron chi connectivity index (χ0n) is 15.8. The number of carbonyl (C=O) groups excluding carboxylic acids is 2. The highest BCUT2D eigenvalue weighted by atomic mass is 32.1. The number of aliphatic hydroxyl groups is 1. The smallest absolute Gasteiger partial charge is 0.328 e. The molecule has 9 heteroatoms. The fourth-order valence-electron chi connectivity index (χ4n) is 3.66. The predicted octanol–water partition coefficient (Wildman–Crippen LogP) is 1.26. The van der Waals surface area contributed by atoms with Gasteiger partial charge < -0.3 is 20.2 Å². The highest BCUT2D eigenvalue weighted by Gasteiger charge is 2.50. The number of fused-ring (bicyclic) bond motifs is 2. The molecule has 1 fully saturated rings. The highest BCUT2D eigenvalue weighted by molar-refractivity contribution is 7.17. The normalized spacial score (nSPS) is 22.1. The molecule has 4 rings (SSSR count). The molecule has 3 amide bonds. The van der Waals surface area contributed by atoms with E-state index in [2.05, 4.69) is 10.3 Å². The van der Waals surface area contributed by atoms with E-state index in [0.29, 0.717) is 18.9 Å². The number of hydrogen-bond acceptors (Lipinski definition) is 7. The molecule has 3 heterocycles. The number of guanidine groups is 1. The van der Waals surface area contributed by atoms with Crippen LogP contribution in [0.5, 0.6) is 0 Å². The molecule has 0 saturated carbocycles. The number of nitrogens with one attached hydrogen (secondary N) is 1. The number of thiophene rings is 1. The van der Waals surface area contributed by atoms with E-state index < -0.39 is 12.2 Å². The fraction of sp³-hybridized carbons (Fsp3) is 0.421. The summed E-state index contributed by atoms with van der Waals surface area (Å²) in [4.78, 5) is 35.2. The Labute approximate surface area is 167 Å². The van der Waals surface area contributed by atoms with Crippen molar-refractivity contribution in [2.75, 3.05) is 27.2 Å². The van der Waals surface area contributed by atoms with Crippen molar-refractivity contribution < 1.29 is 14.7 Å². The Bertz CT molecular complexity index is 943. The van der Waals surface area contributed by atoms with Crippen molar-refractivity contribution in [2.45, 2.75) is 25.2 Å². The second kappa shape index (κ2) is 7.40. The van der Waals surface area contributed by atoms with Gasteiger partial charge in [-0.2, -0.15) is 0 Å². The lowest BCUT2D eigenvalue weighted by Gasteiger charge is -2.40. The minimum Gasteiger partial charge on any atom is -0.396 e. The van der Waals surface area contributed by atoms with Crippen molar-refractivity contribution in [3.8, 4) is 0 Å². The topological polar surface area (TPSA) is 88.5 Å². The predicted molar refractivity (Wildman–Crippen MR) is 108 cm³/mol. The number of imide groups is 1. The second-order valence-corrected chi connectivity index (χ2v) is 7.98. The average Bonchev–Trinajstić information content (AvgIpc) is 3.28. The number of carbonyl (C=O) groups is 2. The van der Waals surface area contributed by atoms with Crippen LogP contribution in [-0.2, 0) is 11.3 Å². The van der Waals surface area contributed by atoms with Gasteiger partial charge in [-0.15, -0.1) is 11.3 Å².